The molecule has 0 aliphatic carbocycles. The topological polar surface area (TPSA) is 104 Å². The highest BCUT2D eigenvalue weighted by Crippen LogP contribution is 2.26. The van der Waals surface area contributed by atoms with Gasteiger partial charge in [0.15, 0.2) is 0 Å². The standard InChI is InChI=1S/C29H26ClN3O4/c30-24-5-3-4-23(18-24)20-7-9-21(10-8-20)26(19-28(34)35)32-29(36)22-11-13-25(14-12-22)37-17-16-33-15-2-1-6-27(33)31/h1-15,18,26,31H,16-17,19H2,(H,32,36)(H,34,35). The molecule has 3 N–H and O–H groups in total. The lowest BCUT2D eigenvalue weighted by Gasteiger charge is -2.18. The summed E-state index contributed by atoms with van der Waals surface area (Å²) in [6, 6.07) is 26.2. The molecule has 1 atom stereocenters. The van der Waals surface area contributed by atoms with Crippen molar-refractivity contribution < 1.29 is 19.4 Å². The van der Waals surface area contributed by atoms with Crippen molar-refractivity contribution in [3.05, 3.63) is 119 Å². The van der Waals surface area contributed by atoms with Gasteiger partial charge in [0, 0.05) is 16.8 Å². The number of nitrogens with one attached hydrogen (secondary N) is 2. The van der Waals surface area contributed by atoms with Crippen molar-refractivity contribution in [1.29, 1.82) is 5.41 Å². The van der Waals surface area contributed by atoms with E-state index in [1.54, 1.807) is 47.0 Å². The van der Waals surface area contributed by atoms with Gasteiger partial charge in [0.2, 0.25) is 0 Å². The molecule has 188 valence electrons. The number of carbonyl (C=O) groups excluding carboxylic acids is 1. The summed E-state index contributed by atoms with van der Waals surface area (Å²) in [4.78, 5) is 24.4. The predicted molar refractivity (Wildman–Crippen MR) is 142 cm³/mol. The number of carbonyl (C=O) groups is 2. The third-order valence-corrected chi connectivity index (χ3v) is 6.05. The van der Waals surface area contributed by atoms with Crippen molar-refractivity contribution in [2.24, 2.45) is 0 Å². The minimum Gasteiger partial charge on any atom is -0.492 e. The number of aromatic nitrogens is 1. The van der Waals surface area contributed by atoms with Crippen molar-refractivity contribution in [3.63, 3.8) is 0 Å². The van der Waals surface area contributed by atoms with Crippen LogP contribution in [0.15, 0.2) is 97.2 Å². The molecule has 0 spiro atoms. The van der Waals surface area contributed by atoms with Crippen LogP contribution in [-0.2, 0) is 11.3 Å². The lowest BCUT2D eigenvalue weighted by Crippen LogP contribution is -2.30. The highest BCUT2D eigenvalue weighted by Gasteiger charge is 2.19. The third-order valence-electron chi connectivity index (χ3n) is 5.81. The molecule has 1 aromatic heterocycles. The summed E-state index contributed by atoms with van der Waals surface area (Å²) >= 11 is 6.09. The average molecular weight is 516 g/mol. The number of aliphatic carboxylic acids is 1. The molecule has 0 saturated heterocycles. The van der Waals surface area contributed by atoms with Gasteiger partial charge in [0.1, 0.15) is 17.8 Å². The third kappa shape index (κ3) is 7.08. The van der Waals surface area contributed by atoms with Crippen molar-refractivity contribution in [2.75, 3.05) is 6.61 Å². The highest BCUT2D eigenvalue weighted by molar-refractivity contribution is 6.30. The van der Waals surface area contributed by atoms with E-state index in [9.17, 15) is 14.7 Å². The van der Waals surface area contributed by atoms with Gasteiger partial charge in [-0.25, -0.2) is 0 Å². The molecule has 0 aliphatic heterocycles. The van der Waals surface area contributed by atoms with Gasteiger partial charge in [-0.3, -0.25) is 15.0 Å². The Hall–Kier alpha value is -4.36. The van der Waals surface area contributed by atoms with Crippen LogP contribution in [-0.4, -0.2) is 28.2 Å². The molecule has 1 amide bonds. The van der Waals surface area contributed by atoms with Crippen LogP contribution in [0.1, 0.15) is 28.4 Å². The maximum Gasteiger partial charge on any atom is 0.305 e. The fourth-order valence-electron chi connectivity index (χ4n) is 3.88. The molecule has 1 unspecified atom stereocenters. The highest BCUT2D eigenvalue weighted by atomic mass is 35.5. The first-order valence-electron chi connectivity index (χ1n) is 11.7. The summed E-state index contributed by atoms with van der Waals surface area (Å²) in [7, 11) is 0. The van der Waals surface area contributed by atoms with Crippen LogP contribution in [0.5, 0.6) is 5.75 Å². The molecule has 1 heterocycles. The quantitative estimate of drug-likeness (QED) is 0.266. The zero-order valence-corrected chi connectivity index (χ0v) is 20.7. The lowest BCUT2D eigenvalue weighted by atomic mass is 9.98. The van der Waals surface area contributed by atoms with Gasteiger partial charge in [-0.15, -0.1) is 0 Å². The van der Waals surface area contributed by atoms with E-state index in [1.165, 1.54) is 0 Å². The van der Waals surface area contributed by atoms with E-state index in [2.05, 4.69) is 5.32 Å². The van der Waals surface area contributed by atoms with Gasteiger partial charge in [0.25, 0.3) is 5.91 Å². The predicted octanol–water partition coefficient (Wildman–Crippen LogP) is 5.31. The molecule has 37 heavy (non-hydrogen) atoms. The second-order valence-corrected chi connectivity index (χ2v) is 8.84. The molecule has 4 aromatic rings. The van der Waals surface area contributed by atoms with E-state index in [1.807, 2.05) is 54.7 Å². The molecule has 0 fully saturated rings. The number of benzene rings is 3. The average Bonchev–Trinajstić information content (AvgIpc) is 2.89. The molecule has 0 aliphatic rings. The SMILES string of the molecule is N=c1ccccn1CCOc1ccc(C(=O)NC(CC(=O)O)c2ccc(-c3cccc(Cl)c3)cc2)cc1. The van der Waals surface area contributed by atoms with E-state index in [4.69, 9.17) is 21.7 Å². The molecule has 0 bridgehead atoms. The summed E-state index contributed by atoms with van der Waals surface area (Å²) in [6.45, 7) is 0.896. The number of hydrogen-bond acceptors (Lipinski definition) is 4. The Labute approximate surface area is 219 Å². The van der Waals surface area contributed by atoms with Crippen molar-refractivity contribution in [1.82, 2.24) is 9.88 Å². The fraction of sp³-hybridized carbons (Fsp3) is 0.138. The first-order valence-corrected chi connectivity index (χ1v) is 12.1. The number of carboxylic acids is 1. The minimum absolute atomic E-state index is 0.251. The fourth-order valence-corrected chi connectivity index (χ4v) is 4.07. The van der Waals surface area contributed by atoms with E-state index in [0.29, 0.717) is 40.5 Å². The maximum absolute atomic E-state index is 12.9. The molecule has 0 radical (unpaired) electrons. The van der Waals surface area contributed by atoms with Crippen LogP contribution in [0.4, 0.5) is 0 Å². The van der Waals surface area contributed by atoms with E-state index in [-0.39, 0.29) is 12.3 Å². The Balaban J connectivity index is 1.39. The summed E-state index contributed by atoms with van der Waals surface area (Å²) in [5.41, 5.74) is 3.36. The molecule has 8 heteroatoms. The van der Waals surface area contributed by atoms with Gasteiger partial charge in [-0.2, -0.15) is 0 Å². The van der Waals surface area contributed by atoms with Crippen LogP contribution in [0.25, 0.3) is 11.1 Å². The summed E-state index contributed by atoms with van der Waals surface area (Å²) in [5.74, 6) is -0.797. The number of amides is 1. The Morgan fingerprint density at radius 1 is 0.946 bits per heavy atom. The van der Waals surface area contributed by atoms with Crippen molar-refractivity contribution >= 4 is 23.5 Å². The van der Waals surface area contributed by atoms with Gasteiger partial charge in [-0.1, -0.05) is 54.1 Å². The van der Waals surface area contributed by atoms with Crippen LogP contribution >= 0.6 is 11.6 Å². The summed E-state index contributed by atoms with van der Waals surface area (Å²) in [6.07, 6.45) is 1.57. The Morgan fingerprint density at radius 2 is 1.70 bits per heavy atom. The van der Waals surface area contributed by atoms with Crippen LogP contribution in [0.2, 0.25) is 5.02 Å². The second kappa shape index (κ2) is 12.1. The number of rotatable bonds is 10. The van der Waals surface area contributed by atoms with Gasteiger partial charge >= 0.3 is 5.97 Å². The largest absolute Gasteiger partial charge is 0.492 e. The second-order valence-electron chi connectivity index (χ2n) is 8.41. The molecular weight excluding hydrogens is 490 g/mol. The van der Waals surface area contributed by atoms with Gasteiger partial charge in [0.05, 0.1) is 19.0 Å². The zero-order chi connectivity index (χ0) is 26.2. The summed E-state index contributed by atoms with van der Waals surface area (Å²) in [5, 5.41) is 20.7. The summed E-state index contributed by atoms with van der Waals surface area (Å²) < 4.78 is 7.51. The Kier molecular flexibility index (Phi) is 8.38. The van der Waals surface area contributed by atoms with Crippen LogP contribution in [0.3, 0.4) is 0 Å². The number of hydrogen-bond donors (Lipinski definition) is 3. The van der Waals surface area contributed by atoms with Crippen molar-refractivity contribution in [2.45, 2.75) is 19.0 Å². The smallest absolute Gasteiger partial charge is 0.305 e. The van der Waals surface area contributed by atoms with Crippen LogP contribution in [0, 0.1) is 5.41 Å². The molecule has 0 saturated carbocycles. The Morgan fingerprint density at radius 3 is 2.38 bits per heavy atom. The number of carboxylic acid groups (broad SMARTS) is 1. The molecular formula is C29H26ClN3O4. The van der Waals surface area contributed by atoms with Gasteiger partial charge < -0.3 is 19.7 Å². The molecule has 4 rings (SSSR count). The van der Waals surface area contributed by atoms with Gasteiger partial charge in [-0.05, 0) is 65.2 Å². The first kappa shape index (κ1) is 25.7. The number of ether oxygens (including phenoxy) is 1. The van der Waals surface area contributed by atoms with E-state index >= 15 is 0 Å². The Bertz CT molecular complexity index is 1430. The molecule has 7 nitrogen and oxygen atoms in total. The number of halogens is 1. The zero-order valence-electron chi connectivity index (χ0n) is 19.9. The number of pyridine rings is 1. The minimum atomic E-state index is -1.01. The molecule has 3 aromatic carbocycles. The normalized spacial score (nSPS) is 11.5. The maximum atomic E-state index is 12.9. The van der Waals surface area contributed by atoms with E-state index < -0.39 is 12.0 Å². The van der Waals surface area contributed by atoms with Crippen LogP contribution < -0.4 is 15.5 Å². The lowest BCUT2D eigenvalue weighted by molar-refractivity contribution is -0.137. The number of nitrogens with zero attached hydrogens (tertiary/aromatic N) is 1. The van der Waals surface area contributed by atoms with Crippen molar-refractivity contribution in [3.8, 4) is 16.9 Å². The first-order chi connectivity index (χ1) is 17.9. The monoisotopic (exact) mass is 515 g/mol. The van der Waals surface area contributed by atoms with E-state index in [0.717, 1.165) is 11.1 Å².